The van der Waals surface area contributed by atoms with E-state index in [1.165, 1.54) is 0 Å². The number of aryl methyl sites for hydroxylation is 1. The molecule has 1 unspecified atom stereocenters. The van der Waals surface area contributed by atoms with E-state index in [0.717, 1.165) is 16.7 Å². The Hall–Kier alpha value is -3.07. The van der Waals surface area contributed by atoms with Gasteiger partial charge in [-0.15, -0.1) is 0 Å². The molecule has 0 saturated heterocycles. The molecule has 0 radical (unpaired) electrons. The smallest absolute Gasteiger partial charge is 0.342 e. The molecule has 1 aliphatic heterocycles. The number of fused-ring (bicyclic) bond motifs is 1. The lowest BCUT2D eigenvalue weighted by molar-refractivity contribution is -0.108. The highest BCUT2D eigenvalue weighted by Crippen LogP contribution is 2.43. The predicted octanol–water partition coefficient (Wildman–Crippen LogP) is 4.45. The molecule has 3 aromatic carbocycles. The fraction of sp³-hybridized carbons (Fsp3) is 0.0952. The summed E-state index contributed by atoms with van der Waals surface area (Å²) in [5, 5.41) is 0. The van der Waals surface area contributed by atoms with Crippen molar-refractivity contribution in [1.82, 2.24) is 0 Å². The van der Waals surface area contributed by atoms with Crippen LogP contribution in [-0.2, 0) is 10.5 Å². The molecule has 0 aliphatic carbocycles. The molecular weight excluding hydrogens is 300 g/mol. The molecule has 118 valence electrons. The monoisotopic (exact) mass is 316 g/mol. The topological polar surface area (TPSA) is 35.5 Å². The van der Waals surface area contributed by atoms with Crippen LogP contribution in [0.2, 0.25) is 0 Å². The molecule has 0 saturated carbocycles. The Bertz CT molecular complexity index is 902. The second-order valence-corrected chi connectivity index (χ2v) is 5.84. The SMILES string of the molecule is Cc1cccc(OC2(c3ccccc3)OC(=O)c3ccccc32)c1. The molecule has 4 rings (SSSR count). The van der Waals surface area contributed by atoms with Gasteiger partial charge in [0.2, 0.25) is 0 Å². The van der Waals surface area contributed by atoms with Crippen molar-refractivity contribution in [3.05, 3.63) is 101 Å². The molecular formula is C21H16O3. The maximum absolute atomic E-state index is 12.4. The molecule has 0 spiro atoms. The number of esters is 1. The highest BCUT2D eigenvalue weighted by atomic mass is 16.7. The summed E-state index contributed by atoms with van der Waals surface area (Å²) in [6, 6.07) is 24.6. The first-order chi connectivity index (χ1) is 11.7. The highest BCUT2D eigenvalue weighted by Gasteiger charge is 2.49. The normalized spacial score (nSPS) is 18.8. The molecule has 0 amide bonds. The zero-order valence-electron chi connectivity index (χ0n) is 13.2. The van der Waals surface area contributed by atoms with Gasteiger partial charge in [0.1, 0.15) is 5.75 Å². The largest absolute Gasteiger partial charge is 0.444 e. The van der Waals surface area contributed by atoms with Crippen molar-refractivity contribution in [2.75, 3.05) is 0 Å². The number of rotatable bonds is 3. The van der Waals surface area contributed by atoms with E-state index in [1.54, 1.807) is 6.07 Å². The molecule has 0 fully saturated rings. The van der Waals surface area contributed by atoms with Crippen LogP contribution in [0.5, 0.6) is 5.75 Å². The van der Waals surface area contributed by atoms with Crippen LogP contribution in [0.4, 0.5) is 0 Å². The first-order valence-electron chi connectivity index (χ1n) is 7.83. The number of carbonyl (C=O) groups excluding carboxylic acids is 1. The summed E-state index contributed by atoms with van der Waals surface area (Å²) in [7, 11) is 0. The van der Waals surface area contributed by atoms with Crippen molar-refractivity contribution in [1.29, 1.82) is 0 Å². The van der Waals surface area contributed by atoms with Gasteiger partial charge in [-0.1, -0.05) is 54.6 Å². The Labute approximate surface area is 140 Å². The van der Waals surface area contributed by atoms with Gasteiger partial charge < -0.3 is 9.47 Å². The summed E-state index contributed by atoms with van der Waals surface area (Å²) < 4.78 is 12.1. The zero-order chi connectivity index (χ0) is 16.6. The lowest BCUT2D eigenvalue weighted by Crippen LogP contribution is -2.34. The molecule has 1 aliphatic rings. The lowest BCUT2D eigenvalue weighted by Gasteiger charge is -2.30. The third-order valence-electron chi connectivity index (χ3n) is 4.14. The minimum Gasteiger partial charge on any atom is -0.444 e. The van der Waals surface area contributed by atoms with E-state index in [0.29, 0.717) is 11.3 Å². The van der Waals surface area contributed by atoms with Gasteiger partial charge in [-0.05, 0) is 36.8 Å². The Morgan fingerprint density at radius 1 is 0.875 bits per heavy atom. The molecule has 24 heavy (non-hydrogen) atoms. The van der Waals surface area contributed by atoms with Crippen molar-refractivity contribution >= 4 is 5.97 Å². The van der Waals surface area contributed by atoms with Crippen LogP contribution in [-0.4, -0.2) is 5.97 Å². The second kappa shape index (κ2) is 5.53. The van der Waals surface area contributed by atoms with Gasteiger partial charge in [0.15, 0.2) is 0 Å². The van der Waals surface area contributed by atoms with E-state index in [1.807, 2.05) is 79.7 Å². The van der Waals surface area contributed by atoms with Crippen LogP contribution in [0.1, 0.15) is 27.0 Å². The van der Waals surface area contributed by atoms with Crippen molar-refractivity contribution < 1.29 is 14.3 Å². The Balaban J connectivity index is 1.91. The predicted molar refractivity (Wildman–Crippen MR) is 90.9 cm³/mol. The summed E-state index contributed by atoms with van der Waals surface area (Å²) in [6.07, 6.45) is 0. The first-order valence-corrected chi connectivity index (χ1v) is 7.83. The highest BCUT2D eigenvalue weighted by molar-refractivity contribution is 5.95. The van der Waals surface area contributed by atoms with E-state index in [4.69, 9.17) is 9.47 Å². The van der Waals surface area contributed by atoms with Gasteiger partial charge in [-0.25, -0.2) is 4.79 Å². The summed E-state index contributed by atoms with van der Waals surface area (Å²) in [5.74, 6) is -0.978. The van der Waals surface area contributed by atoms with Crippen LogP contribution < -0.4 is 4.74 Å². The standard InChI is InChI=1S/C21H16O3/c1-15-8-7-11-17(14-15)23-21(16-9-3-2-4-10-16)19-13-6-5-12-18(19)20(22)24-21/h2-14H,1H3. The Morgan fingerprint density at radius 3 is 2.42 bits per heavy atom. The summed E-state index contributed by atoms with van der Waals surface area (Å²) >= 11 is 0. The first kappa shape index (κ1) is 14.5. The molecule has 0 bridgehead atoms. The van der Waals surface area contributed by atoms with Crippen LogP contribution in [0.15, 0.2) is 78.9 Å². The van der Waals surface area contributed by atoms with Gasteiger partial charge in [0.05, 0.1) is 11.1 Å². The van der Waals surface area contributed by atoms with Gasteiger partial charge in [-0.3, -0.25) is 0 Å². The molecule has 0 N–H and O–H groups in total. The van der Waals surface area contributed by atoms with Gasteiger partial charge in [-0.2, -0.15) is 0 Å². The average Bonchev–Trinajstić information content (AvgIpc) is 2.89. The number of benzene rings is 3. The average molecular weight is 316 g/mol. The van der Waals surface area contributed by atoms with Crippen LogP contribution in [0, 0.1) is 6.92 Å². The number of hydrogen-bond acceptors (Lipinski definition) is 3. The van der Waals surface area contributed by atoms with Crippen LogP contribution in [0.25, 0.3) is 0 Å². The van der Waals surface area contributed by atoms with Crippen molar-refractivity contribution in [2.45, 2.75) is 12.7 Å². The number of hydrogen-bond donors (Lipinski definition) is 0. The fourth-order valence-electron chi connectivity index (χ4n) is 3.04. The zero-order valence-corrected chi connectivity index (χ0v) is 13.2. The van der Waals surface area contributed by atoms with Gasteiger partial charge >= 0.3 is 11.8 Å². The Morgan fingerprint density at radius 2 is 1.62 bits per heavy atom. The van der Waals surface area contributed by atoms with Gasteiger partial charge in [0, 0.05) is 5.56 Å². The maximum atomic E-state index is 12.4. The van der Waals surface area contributed by atoms with Crippen LogP contribution in [0.3, 0.4) is 0 Å². The summed E-state index contributed by atoms with van der Waals surface area (Å²) in [5.41, 5.74) is 3.12. The van der Waals surface area contributed by atoms with E-state index in [-0.39, 0.29) is 5.97 Å². The summed E-state index contributed by atoms with van der Waals surface area (Å²) in [6.45, 7) is 2.00. The molecule has 3 aromatic rings. The lowest BCUT2D eigenvalue weighted by atomic mass is 9.95. The third kappa shape index (κ3) is 2.26. The van der Waals surface area contributed by atoms with Crippen molar-refractivity contribution in [2.24, 2.45) is 0 Å². The van der Waals surface area contributed by atoms with Crippen molar-refractivity contribution in [3.8, 4) is 5.75 Å². The molecule has 3 nitrogen and oxygen atoms in total. The van der Waals surface area contributed by atoms with E-state index in [2.05, 4.69) is 0 Å². The summed E-state index contributed by atoms with van der Waals surface area (Å²) in [4.78, 5) is 12.4. The van der Waals surface area contributed by atoms with E-state index < -0.39 is 5.79 Å². The van der Waals surface area contributed by atoms with Gasteiger partial charge in [0.25, 0.3) is 0 Å². The number of cyclic esters (lactones) is 1. The maximum Gasteiger partial charge on any atom is 0.342 e. The minimum absolute atomic E-state index is 0.373. The number of ether oxygens (including phenoxy) is 2. The molecule has 1 heterocycles. The van der Waals surface area contributed by atoms with Crippen molar-refractivity contribution in [3.63, 3.8) is 0 Å². The molecule has 0 aromatic heterocycles. The van der Waals surface area contributed by atoms with E-state index in [9.17, 15) is 4.79 Å². The molecule has 3 heteroatoms. The third-order valence-corrected chi connectivity index (χ3v) is 4.14. The fourth-order valence-corrected chi connectivity index (χ4v) is 3.04. The quantitative estimate of drug-likeness (QED) is 0.670. The minimum atomic E-state index is -1.26. The number of carbonyl (C=O) groups is 1. The van der Waals surface area contributed by atoms with E-state index >= 15 is 0 Å². The second-order valence-electron chi connectivity index (χ2n) is 5.84. The Kier molecular flexibility index (Phi) is 3.35. The molecule has 1 atom stereocenters. The van der Waals surface area contributed by atoms with Crippen LogP contribution >= 0.6 is 0 Å².